The summed E-state index contributed by atoms with van der Waals surface area (Å²) in [5.41, 5.74) is 5.32. The van der Waals surface area contributed by atoms with Crippen molar-refractivity contribution in [2.75, 3.05) is 0 Å². The molecule has 0 N–H and O–H groups in total. The molecule has 3 rings (SSSR count). The number of hydrogen-bond acceptors (Lipinski definition) is 0. The quantitative estimate of drug-likeness (QED) is 0.519. The molecule has 23 heavy (non-hydrogen) atoms. The minimum Gasteiger partial charge on any atom is -0.0622 e. The molecule has 0 radical (unpaired) electrons. The summed E-state index contributed by atoms with van der Waals surface area (Å²) in [7, 11) is 0. The van der Waals surface area contributed by atoms with Gasteiger partial charge < -0.3 is 0 Å². The number of rotatable bonds is 4. The highest BCUT2D eigenvalue weighted by Crippen LogP contribution is 2.46. The second-order valence-corrected chi connectivity index (χ2v) is 6.51. The van der Waals surface area contributed by atoms with Crippen molar-refractivity contribution in [2.45, 2.75) is 26.2 Å². The van der Waals surface area contributed by atoms with Crippen LogP contribution in [-0.2, 0) is 5.41 Å². The van der Waals surface area contributed by atoms with E-state index < -0.39 is 0 Å². The van der Waals surface area contributed by atoms with Gasteiger partial charge in [-0.3, -0.25) is 0 Å². The van der Waals surface area contributed by atoms with Gasteiger partial charge in [0, 0.05) is 5.41 Å². The van der Waals surface area contributed by atoms with Crippen LogP contribution in [0.4, 0.5) is 0 Å². The van der Waals surface area contributed by atoms with Crippen LogP contribution in [0.3, 0.4) is 0 Å². The molecule has 0 amide bonds. The van der Waals surface area contributed by atoms with E-state index in [9.17, 15) is 0 Å². The van der Waals surface area contributed by atoms with Gasteiger partial charge in [-0.15, -0.1) is 0 Å². The van der Waals surface area contributed by atoms with Gasteiger partial charge in [-0.25, -0.2) is 0 Å². The molecule has 0 heterocycles. The molecule has 0 atom stereocenters. The van der Waals surface area contributed by atoms with E-state index in [2.05, 4.69) is 106 Å². The Kier molecular flexibility index (Phi) is 4.34. The zero-order chi connectivity index (χ0) is 16.3. The summed E-state index contributed by atoms with van der Waals surface area (Å²) in [5.74, 6) is 0.438. The third-order valence-corrected chi connectivity index (χ3v) is 4.89. The smallest absolute Gasteiger partial charge is 0.0476 e. The monoisotopic (exact) mass is 300 g/mol. The Morgan fingerprint density at radius 2 is 1.04 bits per heavy atom. The van der Waals surface area contributed by atoms with E-state index in [0.717, 1.165) is 0 Å². The molecule has 0 aliphatic carbocycles. The maximum absolute atomic E-state index is 2.33. The molecule has 0 spiro atoms. The average Bonchev–Trinajstić information content (AvgIpc) is 2.59. The first kappa shape index (κ1) is 15.6. The first-order valence-electron chi connectivity index (χ1n) is 8.34. The van der Waals surface area contributed by atoms with Gasteiger partial charge in [0.25, 0.3) is 0 Å². The predicted octanol–water partition coefficient (Wildman–Crippen LogP) is 5.99. The third-order valence-electron chi connectivity index (χ3n) is 4.89. The summed E-state index contributed by atoms with van der Waals surface area (Å²) in [6.07, 6.45) is 0. The highest BCUT2D eigenvalue weighted by Gasteiger charge is 2.40. The van der Waals surface area contributed by atoms with Gasteiger partial charge in [0.1, 0.15) is 0 Å². The summed E-state index contributed by atoms with van der Waals surface area (Å²) in [6, 6.07) is 30.6. The van der Waals surface area contributed by atoms with Crippen molar-refractivity contribution < 1.29 is 0 Å². The van der Waals surface area contributed by atoms with E-state index in [0.29, 0.717) is 5.92 Å². The molecule has 0 aliphatic rings. The lowest BCUT2D eigenvalue weighted by Crippen LogP contribution is -2.36. The van der Waals surface area contributed by atoms with Crippen LogP contribution in [0.5, 0.6) is 0 Å². The Bertz CT molecular complexity index is 715. The molecule has 0 nitrogen and oxygen atoms in total. The van der Waals surface area contributed by atoms with E-state index >= 15 is 0 Å². The van der Waals surface area contributed by atoms with E-state index in [-0.39, 0.29) is 5.41 Å². The van der Waals surface area contributed by atoms with Crippen LogP contribution in [0.2, 0.25) is 0 Å². The largest absolute Gasteiger partial charge is 0.0622 e. The molecule has 116 valence electrons. The Balaban J connectivity index is 2.39. The Hall–Kier alpha value is -2.34. The zero-order valence-corrected chi connectivity index (χ0v) is 14.2. The average molecular weight is 300 g/mol. The summed E-state index contributed by atoms with van der Waals surface area (Å²) in [4.78, 5) is 0. The normalized spacial score (nSPS) is 11.7. The topological polar surface area (TPSA) is 0 Å². The fourth-order valence-electron chi connectivity index (χ4n) is 3.87. The van der Waals surface area contributed by atoms with Gasteiger partial charge in [0.15, 0.2) is 0 Å². The van der Waals surface area contributed by atoms with Gasteiger partial charge in [-0.05, 0) is 35.1 Å². The van der Waals surface area contributed by atoms with E-state index in [1.807, 2.05) is 0 Å². The van der Waals surface area contributed by atoms with Gasteiger partial charge in [0.05, 0.1) is 0 Å². The molecule has 0 fully saturated rings. The fourth-order valence-corrected chi connectivity index (χ4v) is 3.87. The highest BCUT2D eigenvalue weighted by atomic mass is 14.4. The molecular weight excluding hydrogens is 276 g/mol. The number of aryl methyl sites for hydroxylation is 1. The summed E-state index contributed by atoms with van der Waals surface area (Å²) >= 11 is 0. The van der Waals surface area contributed by atoms with Crippen LogP contribution in [0.1, 0.15) is 36.1 Å². The van der Waals surface area contributed by atoms with Gasteiger partial charge in [0.2, 0.25) is 0 Å². The fraction of sp³-hybridized carbons (Fsp3) is 0.217. The van der Waals surface area contributed by atoms with Crippen molar-refractivity contribution in [3.63, 3.8) is 0 Å². The van der Waals surface area contributed by atoms with Crippen LogP contribution in [0, 0.1) is 12.8 Å². The van der Waals surface area contributed by atoms with Crippen molar-refractivity contribution in [2.24, 2.45) is 5.92 Å². The summed E-state index contributed by atoms with van der Waals surface area (Å²) < 4.78 is 0. The maximum Gasteiger partial charge on any atom is 0.0476 e. The maximum atomic E-state index is 2.33. The van der Waals surface area contributed by atoms with Crippen LogP contribution in [0.15, 0.2) is 84.9 Å². The molecule has 3 aromatic rings. The summed E-state index contributed by atoms with van der Waals surface area (Å²) in [5, 5.41) is 0. The molecule has 0 bridgehead atoms. The SMILES string of the molecule is Cc1ccccc1C(c1ccccc1)(c1ccccc1)C(C)C. The second kappa shape index (κ2) is 6.42. The van der Waals surface area contributed by atoms with Crippen LogP contribution < -0.4 is 0 Å². The lowest BCUT2D eigenvalue weighted by atomic mass is 9.62. The minimum atomic E-state index is -0.131. The van der Waals surface area contributed by atoms with Crippen LogP contribution in [-0.4, -0.2) is 0 Å². The molecule has 0 saturated heterocycles. The first-order valence-corrected chi connectivity index (χ1v) is 8.34. The molecule has 0 saturated carbocycles. The van der Waals surface area contributed by atoms with E-state index in [1.54, 1.807) is 0 Å². The van der Waals surface area contributed by atoms with Gasteiger partial charge >= 0.3 is 0 Å². The minimum absolute atomic E-state index is 0.131. The second-order valence-electron chi connectivity index (χ2n) is 6.51. The van der Waals surface area contributed by atoms with Crippen LogP contribution in [0.25, 0.3) is 0 Å². The van der Waals surface area contributed by atoms with E-state index in [4.69, 9.17) is 0 Å². The van der Waals surface area contributed by atoms with E-state index in [1.165, 1.54) is 22.3 Å². The molecule has 3 aromatic carbocycles. The Morgan fingerprint density at radius 1 is 0.609 bits per heavy atom. The first-order chi connectivity index (χ1) is 11.2. The lowest BCUT2D eigenvalue weighted by Gasteiger charge is -2.40. The van der Waals surface area contributed by atoms with Crippen molar-refractivity contribution in [1.29, 1.82) is 0 Å². The number of benzene rings is 3. The third kappa shape index (κ3) is 2.59. The highest BCUT2D eigenvalue weighted by molar-refractivity contribution is 5.53. The van der Waals surface area contributed by atoms with Crippen LogP contribution >= 0.6 is 0 Å². The lowest BCUT2D eigenvalue weighted by molar-refractivity contribution is 0.436. The van der Waals surface area contributed by atoms with Crippen molar-refractivity contribution in [3.8, 4) is 0 Å². The van der Waals surface area contributed by atoms with Gasteiger partial charge in [-0.2, -0.15) is 0 Å². The molecule has 0 unspecified atom stereocenters. The van der Waals surface area contributed by atoms with Crippen molar-refractivity contribution >= 4 is 0 Å². The van der Waals surface area contributed by atoms with Crippen molar-refractivity contribution in [1.82, 2.24) is 0 Å². The molecular formula is C23H24. The molecule has 0 aliphatic heterocycles. The molecule has 0 aromatic heterocycles. The Labute approximate surface area is 139 Å². The zero-order valence-electron chi connectivity index (χ0n) is 14.2. The standard InChI is InChI=1S/C23H24/c1-18(2)23(20-13-6-4-7-14-20,21-15-8-5-9-16-21)22-17-11-10-12-19(22)3/h4-18H,1-3H3. The summed E-state index contributed by atoms with van der Waals surface area (Å²) in [6.45, 7) is 6.87. The molecule has 0 heteroatoms. The Morgan fingerprint density at radius 3 is 1.48 bits per heavy atom. The number of hydrogen-bond donors (Lipinski definition) is 0. The predicted molar refractivity (Wildman–Crippen MR) is 98.8 cm³/mol. The van der Waals surface area contributed by atoms with Crippen molar-refractivity contribution in [3.05, 3.63) is 107 Å². The van der Waals surface area contributed by atoms with Gasteiger partial charge in [-0.1, -0.05) is 98.8 Å².